The van der Waals surface area contributed by atoms with Crippen LogP contribution in [0.3, 0.4) is 0 Å². The molecular formula is C24H20N2O3S. The smallest absolute Gasteiger partial charge is 0.261 e. The average molecular weight is 417 g/mol. The zero-order valence-electron chi connectivity index (χ0n) is 16.3. The highest BCUT2D eigenvalue weighted by atomic mass is 32.1. The van der Waals surface area contributed by atoms with Crippen LogP contribution in [0.25, 0.3) is 0 Å². The maximum atomic E-state index is 13.2. The summed E-state index contributed by atoms with van der Waals surface area (Å²) in [6.07, 6.45) is 1.90. The largest absolute Gasteiger partial charge is 0.331 e. The fourth-order valence-corrected chi connectivity index (χ4v) is 5.16. The molecule has 0 bridgehead atoms. The van der Waals surface area contributed by atoms with Gasteiger partial charge in [0, 0.05) is 17.0 Å². The lowest BCUT2D eigenvalue weighted by atomic mass is 10.0. The van der Waals surface area contributed by atoms with Crippen molar-refractivity contribution < 1.29 is 14.4 Å². The number of carbonyl (C=O) groups excluding carboxylic acids is 3. The summed E-state index contributed by atoms with van der Waals surface area (Å²) in [5.41, 5.74) is 2.02. The van der Waals surface area contributed by atoms with Crippen LogP contribution in [0.5, 0.6) is 0 Å². The maximum absolute atomic E-state index is 13.2. The molecule has 30 heavy (non-hydrogen) atoms. The fourth-order valence-electron chi connectivity index (χ4n) is 4.29. The molecule has 3 amide bonds. The van der Waals surface area contributed by atoms with Crippen LogP contribution in [0.4, 0.5) is 0 Å². The van der Waals surface area contributed by atoms with Crippen LogP contribution in [-0.4, -0.2) is 34.1 Å². The number of thiophene rings is 1. The third kappa shape index (κ3) is 3.13. The Labute approximate surface area is 178 Å². The van der Waals surface area contributed by atoms with Gasteiger partial charge in [-0.2, -0.15) is 0 Å². The molecule has 2 aliphatic heterocycles. The Kier molecular flexibility index (Phi) is 4.71. The standard InChI is InChI=1S/C24H20N2O3S/c27-22(25-12-4-8-20(25)21-9-5-13-30-21)17-10-11-18-19(14-17)24(29)26(23(18)28)15-16-6-2-1-3-7-16/h1-3,5-7,9-11,13-14,20H,4,8,12,15H2. The number of likely N-dealkylation sites (tertiary alicyclic amines) is 1. The molecular weight excluding hydrogens is 396 g/mol. The number of fused-ring (bicyclic) bond motifs is 1. The van der Waals surface area contributed by atoms with Crippen molar-refractivity contribution in [2.24, 2.45) is 0 Å². The highest BCUT2D eigenvalue weighted by molar-refractivity contribution is 7.10. The van der Waals surface area contributed by atoms with Gasteiger partial charge in [-0.15, -0.1) is 11.3 Å². The quantitative estimate of drug-likeness (QED) is 0.588. The van der Waals surface area contributed by atoms with E-state index in [4.69, 9.17) is 0 Å². The summed E-state index contributed by atoms with van der Waals surface area (Å²) in [6, 6.07) is 18.4. The van der Waals surface area contributed by atoms with Gasteiger partial charge in [-0.1, -0.05) is 36.4 Å². The van der Waals surface area contributed by atoms with E-state index in [1.807, 2.05) is 46.7 Å². The Morgan fingerprint density at radius 1 is 0.967 bits per heavy atom. The first-order chi connectivity index (χ1) is 14.6. The zero-order valence-corrected chi connectivity index (χ0v) is 17.1. The average Bonchev–Trinajstić information content (AvgIpc) is 3.51. The predicted molar refractivity (Wildman–Crippen MR) is 114 cm³/mol. The Morgan fingerprint density at radius 3 is 2.53 bits per heavy atom. The molecule has 0 radical (unpaired) electrons. The van der Waals surface area contributed by atoms with Crippen molar-refractivity contribution in [2.75, 3.05) is 6.54 Å². The van der Waals surface area contributed by atoms with E-state index in [2.05, 4.69) is 6.07 Å². The second kappa shape index (κ2) is 7.54. The Morgan fingerprint density at radius 2 is 1.77 bits per heavy atom. The molecule has 3 heterocycles. The van der Waals surface area contributed by atoms with Crippen molar-refractivity contribution in [3.63, 3.8) is 0 Å². The highest BCUT2D eigenvalue weighted by Gasteiger charge is 2.37. The molecule has 0 spiro atoms. The van der Waals surface area contributed by atoms with Gasteiger partial charge in [0.05, 0.1) is 23.7 Å². The van der Waals surface area contributed by atoms with Crippen molar-refractivity contribution in [3.8, 4) is 0 Å². The number of hydrogen-bond donors (Lipinski definition) is 0. The number of imide groups is 1. The Balaban J connectivity index is 1.41. The van der Waals surface area contributed by atoms with Gasteiger partial charge in [0.25, 0.3) is 17.7 Å². The lowest BCUT2D eigenvalue weighted by Crippen LogP contribution is -2.30. The van der Waals surface area contributed by atoms with E-state index in [-0.39, 0.29) is 30.3 Å². The topological polar surface area (TPSA) is 57.7 Å². The van der Waals surface area contributed by atoms with E-state index in [1.165, 1.54) is 9.78 Å². The monoisotopic (exact) mass is 416 g/mol. The molecule has 0 aliphatic carbocycles. The molecule has 1 fully saturated rings. The summed E-state index contributed by atoms with van der Waals surface area (Å²) in [4.78, 5) is 43.3. The summed E-state index contributed by atoms with van der Waals surface area (Å²) >= 11 is 1.66. The molecule has 0 saturated carbocycles. The first kappa shape index (κ1) is 18.8. The molecule has 1 saturated heterocycles. The van der Waals surface area contributed by atoms with E-state index >= 15 is 0 Å². The summed E-state index contributed by atoms with van der Waals surface area (Å²) in [7, 11) is 0. The van der Waals surface area contributed by atoms with Gasteiger partial charge in [0.15, 0.2) is 0 Å². The van der Waals surface area contributed by atoms with Crippen molar-refractivity contribution >= 4 is 29.1 Å². The number of amides is 3. The molecule has 1 atom stereocenters. The minimum Gasteiger partial charge on any atom is -0.331 e. The van der Waals surface area contributed by atoms with Crippen LogP contribution in [0.2, 0.25) is 0 Å². The van der Waals surface area contributed by atoms with Crippen molar-refractivity contribution in [1.82, 2.24) is 9.80 Å². The van der Waals surface area contributed by atoms with Crippen LogP contribution in [0.1, 0.15) is 60.4 Å². The van der Waals surface area contributed by atoms with Crippen LogP contribution >= 0.6 is 11.3 Å². The van der Waals surface area contributed by atoms with Crippen LogP contribution in [0.15, 0.2) is 66.0 Å². The summed E-state index contributed by atoms with van der Waals surface area (Å²) in [5.74, 6) is -0.740. The lowest BCUT2D eigenvalue weighted by Gasteiger charge is -2.24. The molecule has 0 N–H and O–H groups in total. The van der Waals surface area contributed by atoms with Gasteiger partial charge in [-0.3, -0.25) is 19.3 Å². The zero-order chi connectivity index (χ0) is 20.7. The molecule has 150 valence electrons. The second-order valence-electron chi connectivity index (χ2n) is 7.61. The van der Waals surface area contributed by atoms with Crippen molar-refractivity contribution in [3.05, 3.63) is 93.2 Å². The van der Waals surface area contributed by atoms with Gasteiger partial charge in [-0.25, -0.2) is 0 Å². The lowest BCUT2D eigenvalue weighted by molar-refractivity contribution is 0.0642. The summed E-state index contributed by atoms with van der Waals surface area (Å²) in [6.45, 7) is 0.925. The predicted octanol–water partition coefficient (Wildman–Crippen LogP) is 4.52. The molecule has 2 aliphatic rings. The molecule has 1 unspecified atom stereocenters. The van der Waals surface area contributed by atoms with E-state index in [9.17, 15) is 14.4 Å². The van der Waals surface area contributed by atoms with Crippen molar-refractivity contribution in [1.29, 1.82) is 0 Å². The Bertz CT molecular complexity index is 1120. The Hall–Kier alpha value is -3.25. The SMILES string of the molecule is O=C1c2ccc(C(=O)N3CCCC3c3cccs3)cc2C(=O)N1Cc1ccccc1. The highest BCUT2D eigenvalue weighted by Crippen LogP contribution is 2.36. The normalized spacial score (nSPS) is 18.2. The molecule has 5 nitrogen and oxygen atoms in total. The number of rotatable bonds is 4. The van der Waals surface area contributed by atoms with Crippen LogP contribution in [-0.2, 0) is 6.54 Å². The molecule has 1 aromatic heterocycles. The van der Waals surface area contributed by atoms with Gasteiger partial charge in [0.2, 0.25) is 0 Å². The minimum absolute atomic E-state index is 0.0812. The molecule has 6 heteroatoms. The fraction of sp³-hybridized carbons (Fsp3) is 0.208. The molecule has 3 aromatic rings. The molecule has 2 aromatic carbocycles. The third-order valence-corrected chi connectivity index (χ3v) is 6.76. The van der Waals surface area contributed by atoms with Gasteiger partial charge in [-0.05, 0) is 48.1 Å². The van der Waals surface area contributed by atoms with Gasteiger partial charge >= 0.3 is 0 Å². The van der Waals surface area contributed by atoms with E-state index in [0.29, 0.717) is 23.2 Å². The van der Waals surface area contributed by atoms with E-state index < -0.39 is 0 Å². The first-order valence-corrected chi connectivity index (χ1v) is 10.9. The second-order valence-corrected chi connectivity index (χ2v) is 8.59. The number of carbonyl (C=O) groups is 3. The summed E-state index contributed by atoms with van der Waals surface area (Å²) < 4.78 is 0. The van der Waals surface area contributed by atoms with Crippen molar-refractivity contribution in [2.45, 2.75) is 25.4 Å². The van der Waals surface area contributed by atoms with E-state index in [1.54, 1.807) is 29.5 Å². The number of hydrogen-bond acceptors (Lipinski definition) is 4. The van der Waals surface area contributed by atoms with Crippen LogP contribution in [0, 0.1) is 0 Å². The third-order valence-electron chi connectivity index (χ3n) is 5.79. The van der Waals surface area contributed by atoms with E-state index in [0.717, 1.165) is 18.4 Å². The number of nitrogens with zero attached hydrogens (tertiary/aromatic N) is 2. The maximum Gasteiger partial charge on any atom is 0.261 e. The van der Waals surface area contributed by atoms with Crippen LogP contribution < -0.4 is 0 Å². The summed E-state index contributed by atoms with van der Waals surface area (Å²) in [5, 5.41) is 2.03. The minimum atomic E-state index is -0.343. The first-order valence-electron chi connectivity index (χ1n) is 10.0. The number of benzene rings is 2. The molecule has 5 rings (SSSR count). The van der Waals surface area contributed by atoms with Gasteiger partial charge < -0.3 is 4.90 Å². The van der Waals surface area contributed by atoms with Gasteiger partial charge in [0.1, 0.15) is 0 Å².